The predicted molar refractivity (Wildman–Crippen MR) is 83.6 cm³/mol. The molecular weight excluding hydrogens is 308 g/mol. The van der Waals surface area contributed by atoms with Crippen molar-refractivity contribution in [1.29, 1.82) is 0 Å². The molecule has 0 spiro atoms. The highest BCUT2D eigenvalue weighted by Crippen LogP contribution is 2.28. The molecule has 21 heavy (non-hydrogen) atoms. The molecule has 1 aromatic carbocycles. The average molecular weight is 324 g/mol. The van der Waals surface area contributed by atoms with Crippen LogP contribution in [-0.4, -0.2) is 26.2 Å². The Hall–Kier alpha value is -1.73. The van der Waals surface area contributed by atoms with Crippen molar-refractivity contribution < 1.29 is 13.2 Å². The van der Waals surface area contributed by atoms with Crippen LogP contribution >= 0.6 is 11.3 Å². The van der Waals surface area contributed by atoms with Crippen LogP contribution in [0.1, 0.15) is 27.9 Å². The first-order chi connectivity index (χ1) is 9.73. The average Bonchev–Trinajstić information content (AvgIpc) is 2.77. The fourth-order valence-corrected chi connectivity index (χ4v) is 3.94. The summed E-state index contributed by atoms with van der Waals surface area (Å²) in [6, 6.07) is 5.91. The number of ketones is 1. The normalized spacial score (nSPS) is 11.4. The number of aryl methyl sites for hydroxylation is 2. The Morgan fingerprint density at radius 2 is 1.76 bits per heavy atom. The van der Waals surface area contributed by atoms with E-state index in [0.717, 1.165) is 10.6 Å². The quantitative estimate of drug-likeness (QED) is 0.811. The van der Waals surface area contributed by atoms with E-state index < -0.39 is 10.0 Å². The summed E-state index contributed by atoms with van der Waals surface area (Å²) in [4.78, 5) is 16.6. The lowest BCUT2D eigenvalue weighted by Gasteiger charge is -2.16. The third-order valence-electron chi connectivity index (χ3n) is 3.21. The number of anilines is 1. The summed E-state index contributed by atoms with van der Waals surface area (Å²) in [5, 5.41) is 0.431. The number of thiazole rings is 1. The lowest BCUT2D eigenvalue weighted by atomic mass is 10.2. The van der Waals surface area contributed by atoms with E-state index in [0.29, 0.717) is 10.7 Å². The van der Waals surface area contributed by atoms with Crippen molar-refractivity contribution in [1.82, 2.24) is 4.98 Å². The molecule has 2 aromatic rings. The number of aromatic nitrogens is 1. The molecular formula is C14H16N2O3S2. The van der Waals surface area contributed by atoms with Gasteiger partial charge in [-0.25, -0.2) is 17.7 Å². The van der Waals surface area contributed by atoms with Gasteiger partial charge >= 0.3 is 0 Å². The van der Waals surface area contributed by atoms with Crippen LogP contribution in [0.3, 0.4) is 0 Å². The molecule has 0 atom stereocenters. The van der Waals surface area contributed by atoms with Gasteiger partial charge in [-0.3, -0.25) is 4.79 Å². The fraction of sp³-hybridized carbons (Fsp3) is 0.286. The van der Waals surface area contributed by atoms with E-state index in [9.17, 15) is 13.2 Å². The van der Waals surface area contributed by atoms with E-state index in [1.807, 2.05) is 13.8 Å². The minimum absolute atomic E-state index is 0.0986. The standard InChI is InChI=1S/C14H16N2O3S2/c1-9-11(3)20-14(15-9)16(4)21(18,19)13-7-5-12(6-8-13)10(2)17/h5-8H,1-4H3. The molecule has 1 aromatic heterocycles. The molecule has 0 aliphatic rings. The van der Waals surface area contributed by atoms with Gasteiger partial charge in [-0.05, 0) is 32.9 Å². The summed E-state index contributed by atoms with van der Waals surface area (Å²) < 4.78 is 26.3. The maximum absolute atomic E-state index is 12.5. The molecule has 0 amide bonds. The Balaban J connectivity index is 2.39. The molecule has 7 heteroatoms. The number of benzene rings is 1. The van der Waals surface area contributed by atoms with Gasteiger partial charge in [0.25, 0.3) is 10.0 Å². The molecule has 112 valence electrons. The topological polar surface area (TPSA) is 67.3 Å². The van der Waals surface area contributed by atoms with Crippen molar-refractivity contribution in [3.8, 4) is 0 Å². The number of sulfonamides is 1. The number of hydrogen-bond donors (Lipinski definition) is 0. The maximum Gasteiger partial charge on any atom is 0.265 e. The molecule has 0 saturated carbocycles. The number of carbonyl (C=O) groups is 1. The van der Waals surface area contributed by atoms with Crippen LogP contribution in [0, 0.1) is 13.8 Å². The zero-order valence-electron chi connectivity index (χ0n) is 12.2. The van der Waals surface area contributed by atoms with Crippen LogP contribution in [0.4, 0.5) is 5.13 Å². The first kappa shape index (κ1) is 15.7. The van der Waals surface area contributed by atoms with Gasteiger partial charge in [-0.1, -0.05) is 12.1 Å². The molecule has 0 aliphatic carbocycles. The van der Waals surface area contributed by atoms with Crippen molar-refractivity contribution in [2.45, 2.75) is 25.7 Å². The Morgan fingerprint density at radius 1 is 1.19 bits per heavy atom. The molecule has 0 radical (unpaired) electrons. The van der Waals surface area contributed by atoms with Gasteiger partial charge in [0.1, 0.15) is 0 Å². The van der Waals surface area contributed by atoms with Gasteiger partial charge in [-0.15, -0.1) is 11.3 Å². The van der Waals surface area contributed by atoms with E-state index in [4.69, 9.17) is 0 Å². The van der Waals surface area contributed by atoms with E-state index in [2.05, 4.69) is 4.98 Å². The fourth-order valence-electron chi connectivity index (χ4n) is 1.71. The van der Waals surface area contributed by atoms with Gasteiger partial charge in [0.2, 0.25) is 0 Å². The highest BCUT2D eigenvalue weighted by atomic mass is 32.2. The zero-order chi connectivity index (χ0) is 15.8. The summed E-state index contributed by atoms with van der Waals surface area (Å²) >= 11 is 1.33. The molecule has 0 fully saturated rings. The third kappa shape index (κ3) is 2.98. The second-order valence-corrected chi connectivity index (χ2v) is 7.84. The van der Waals surface area contributed by atoms with Crippen molar-refractivity contribution in [2.24, 2.45) is 0 Å². The number of hydrogen-bond acceptors (Lipinski definition) is 5. The number of nitrogens with zero attached hydrogens (tertiary/aromatic N) is 2. The first-order valence-electron chi connectivity index (χ1n) is 6.27. The first-order valence-corrected chi connectivity index (χ1v) is 8.53. The van der Waals surface area contributed by atoms with Crippen molar-refractivity contribution >= 4 is 32.3 Å². The maximum atomic E-state index is 12.5. The summed E-state index contributed by atoms with van der Waals surface area (Å²) in [5.41, 5.74) is 1.31. The van der Waals surface area contributed by atoms with Gasteiger partial charge in [0.05, 0.1) is 10.6 Å². The van der Waals surface area contributed by atoms with Gasteiger partial charge in [0, 0.05) is 17.5 Å². The van der Waals surface area contributed by atoms with E-state index in [1.165, 1.54) is 53.9 Å². The molecule has 0 saturated heterocycles. The second kappa shape index (κ2) is 5.57. The minimum Gasteiger partial charge on any atom is -0.295 e. The van der Waals surface area contributed by atoms with Gasteiger partial charge in [0.15, 0.2) is 10.9 Å². The van der Waals surface area contributed by atoms with Crippen LogP contribution < -0.4 is 4.31 Å². The monoisotopic (exact) mass is 324 g/mol. The van der Waals surface area contributed by atoms with E-state index >= 15 is 0 Å². The van der Waals surface area contributed by atoms with Crippen LogP contribution in [0.5, 0.6) is 0 Å². The van der Waals surface area contributed by atoms with Crippen molar-refractivity contribution in [2.75, 3.05) is 11.4 Å². The van der Waals surface area contributed by atoms with Crippen molar-refractivity contribution in [3.05, 3.63) is 40.4 Å². The zero-order valence-corrected chi connectivity index (χ0v) is 13.9. The van der Waals surface area contributed by atoms with Gasteiger partial charge < -0.3 is 0 Å². The SMILES string of the molecule is CC(=O)c1ccc(S(=O)(=O)N(C)c2nc(C)c(C)s2)cc1. The summed E-state index contributed by atoms with van der Waals surface area (Å²) in [7, 11) is -2.19. The van der Waals surface area contributed by atoms with Crippen LogP contribution in [0.25, 0.3) is 0 Å². The Bertz CT molecular complexity index is 758. The summed E-state index contributed by atoms with van der Waals surface area (Å²) in [6.07, 6.45) is 0. The highest BCUT2D eigenvalue weighted by Gasteiger charge is 2.24. The minimum atomic E-state index is -3.67. The largest absolute Gasteiger partial charge is 0.295 e. The molecule has 2 rings (SSSR count). The smallest absolute Gasteiger partial charge is 0.265 e. The molecule has 5 nitrogen and oxygen atoms in total. The van der Waals surface area contributed by atoms with Crippen LogP contribution in [-0.2, 0) is 10.0 Å². The lowest BCUT2D eigenvalue weighted by Crippen LogP contribution is -2.26. The molecule has 0 aliphatic heterocycles. The molecule has 0 unspecified atom stereocenters. The third-order valence-corrected chi connectivity index (χ3v) is 6.23. The lowest BCUT2D eigenvalue weighted by molar-refractivity contribution is 0.101. The van der Waals surface area contributed by atoms with Gasteiger partial charge in [-0.2, -0.15) is 0 Å². The number of rotatable bonds is 4. The Labute approximate surface area is 128 Å². The molecule has 0 bridgehead atoms. The Morgan fingerprint density at radius 3 is 2.19 bits per heavy atom. The highest BCUT2D eigenvalue weighted by molar-refractivity contribution is 7.93. The van der Waals surface area contributed by atoms with Crippen LogP contribution in [0.2, 0.25) is 0 Å². The number of carbonyl (C=O) groups excluding carboxylic acids is 1. The Kier molecular flexibility index (Phi) is 4.15. The summed E-state index contributed by atoms with van der Waals surface area (Å²) in [6.45, 7) is 5.19. The predicted octanol–water partition coefficient (Wildman–Crippen LogP) is 2.79. The molecule has 1 heterocycles. The second-order valence-electron chi connectivity index (χ2n) is 4.69. The molecule has 0 N–H and O–H groups in total. The van der Waals surface area contributed by atoms with Crippen molar-refractivity contribution in [3.63, 3.8) is 0 Å². The van der Waals surface area contributed by atoms with Crippen LogP contribution in [0.15, 0.2) is 29.2 Å². The van der Waals surface area contributed by atoms with E-state index in [1.54, 1.807) is 0 Å². The van der Waals surface area contributed by atoms with E-state index in [-0.39, 0.29) is 10.7 Å². The number of Topliss-reactive ketones (excluding diaryl/α,β-unsaturated/α-hetero) is 1. The summed E-state index contributed by atoms with van der Waals surface area (Å²) in [5.74, 6) is -0.0986.